The van der Waals surface area contributed by atoms with Crippen LogP contribution in [-0.2, 0) is 0 Å². The number of hydrogen-bond donors (Lipinski definition) is 0. The first-order valence-electron chi connectivity index (χ1n) is 3.94. The van der Waals surface area contributed by atoms with Gasteiger partial charge in [0.15, 0.2) is 0 Å². The molecule has 1 aliphatic heterocycles. The van der Waals surface area contributed by atoms with Crippen LogP contribution in [0, 0.1) is 11.8 Å². The number of rotatable bonds is 0. The molecule has 1 rings (SSSR count). The van der Waals surface area contributed by atoms with E-state index in [1.807, 2.05) is 0 Å². The Bertz CT molecular complexity index is 73.3. The first kappa shape index (κ1) is 8.79. The van der Waals surface area contributed by atoms with E-state index in [0.717, 1.165) is 11.8 Å². The Balaban J connectivity index is 2.21. The van der Waals surface area contributed by atoms with Gasteiger partial charge in [-0.05, 0) is 34.8 Å². The van der Waals surface area contributed by atoms with Gasteiger partial charge in [-0.3, -0.25) is 0 Å². The molecule has 0 bridgehead atoms. The van der Waals surface area contributed by atoms with E-state index in [2.05, 4.69) is 37.4 Å². The van der Waals surface area contributed by atoms with Crippen LogP contribution < -0.4 is 0 Å². The summed E-state index contributed by atoms with van der Waals surface area (Å²) in [6.45, 7) is 4.71. The molecule has 1 heterocycles. The van der Waals surface area contributed by atoms with Gasteiger partial charge >= 0.3 is 0 Å². The van der Waals surface area contributed by atoms with Gasteiger partial charge in [0.25, 0.3) is 0 Å². The molecule has 60 valence electrons. The summed E-state index contributed by atoms with van der Waals surface area (Å²) >= 11 is 4.26. The number of thioether (sulfide) groups is 2. The minimum Gasteiger partial charge on any atom is -0.161 e. The van der Waals surface area contributed by atoms with Crippen molar-refractivity contribution in [3.8, 4) is 0 Å². The zero-order valence-corrected chi connectivity index (χ0v) is 8.43. The molecule has 2 heteroatoms. The van der Waals surface area contributed by atoms with Crippen molar-refractivity contribution >= 4 is 23.5 Å². The van der Waals surface area contributed by atoms with Crippen LogP contribution in [0.3, 0.4) is 0 Å². The third-order valence-electron chi connectivity index (χ3n) is 1.61. The highest BCUT2D eigenvalue weighted by Gasteiger charge is 2.10. The van der Waals surface area contributed by atoms with E-state index in [0.29, 0.717) is 0 Å². The van der Waals surface area contributed by atoms with Crippen LogP contribution in [-0.4, -0.2) is 23.0 Å². The Kier molecular flexibility index (Phi) is 4.00. The Hall–Kier alpha value is 0.700. The van der Waals surface area contributed by atoms with E-state index >= 15 is 0 Å². The molecule has 1 aliphatic rings. The lowest BCUT2D eigenvalue weighted by Crippen LogP contribution is -2.12. The van der Waals surface area contributed by atoms with Gasteiger partial charge in [-0.25, -0.2) is 0 Å². The van der Waals surface area contributed by atoms with Crippen LogP contribution in [0.5, 0.6) is 0 Å². The molecule has 0 amide bonds. The minimum atomic E-state index is 0.933. The van der Waals surface area contributed by atoms with Crippen molar-refractivity contribution in [1.82, 2.24) is 0 Å². The van der Waals surface area contributed by atoms with Gasteiger partial charge in [0.2, 0.25) is 0 Å². The zero-order valence-electron chi connectivity index (χ0n) is 6.80. The molecule has 0 radical (unpaired) electrons. The van der Waals surface area contributed by atoms with Gasteiger partial charge in [0, 0.05) is 0 Å². The molecule has 0 spiro atoms. The summed E-state index contributed by atoms with van der Waals surface area (Å²) < 4.78 is 0. The normalized spacial score (nSPS) is 36.6. The third kappa shape index (κ3) is 3.20. The van der Waals surface area contributed by atoms with Gasteiger partial charge < -0.3 is 0 Å². The molecule has 0 N–H and O–H groups in total. The standard InChI is InChI=1S/C8H16S2/c1-7-3-9-5-8(2)6-10-4-7/h7-8H,3-6H2,1-2H3. The Morgan fingerprint density at radius 1 is 0.800 bits per heavy atom. The van der Waals surface area contributed by atoms with Crippen molar-refractivity contribution in [3.63, 3.8) is 0 Å². The average Bonchev–Trinajstić information content (AvgIpc) is 1.84. The summed E-state index contributed by atoms with van der Waals surface area (Å²) in [5.74, 6) is 7.36. The molecule has 0 aliphatic carbocycles. The van der Waals surface area contributed by atoms with Gasteiger partial charge in [-0.15, -0.1) is 0 Å². The van der Waals surface area contributed by atoms with E-state index in [1.165, 1.54) is 23.0 Å². The molecule has 0 nitrogen and oxygen atoms in total. The summed E-state index contributed by atoms with van der Waals surface area (Å²) in [5.41, 5.74) is 0. The second-order valence-electron chi connectivity index (χ2n) is 3.29. The monoisotopic (exact) mass is 176 g/mol. The lowest BCUT2D eigenvalue weighted by molar-refractivity contribution is 0.723. The maximum absolute atomic E-state index is 2.36. The summed E-state index contributed by atoms with van der Waals surface area (Å²) in [6.07, 6.45) is 0. The van der Waals surface area contributed by atoms with Gasteiger partial charge in [0.05, 0.1) is 0 Å². The lowest BCUT2D eigenvalue weighted by Gasteiger charge is -2.18. The van der Waals surface area contributed by atoms with Gasteiger partial charge in [-0.1, -0.05) is 13.8 Å². The molecule has 0 aromatic carbocycles. The largest absolute Gasteiger partial charge is 0.161 e. The predicted molar refractivity (Wildman–Crippen MR) is 53.0 cm³/mol. The maximum Gasteiger partial charge on any atom is -0.00338 e. The molecule has 10 heavy (non-hydrogen) atoms. The highest BCUT2D eigenvalue weighted by atomic mass is 32.2. The first-order valence-corrected chi connectivity index (χ1v) is 6.25. The van der Waals surface area contributed by atoms with Crippen molar-refractivity contribution in [2.75, 3.05) is 23.0 Å². The van der Waals surface area contributed by atoms with Crippen molar-refractivity contribution in [1.29, 1.82) is 0 Å². The lowest BCUT2D eigenvalue weighted by atomic mass is 10.2. The molecule has 1 saturated heterocycles. The molecule has 0 aromatic heterocycles. The highest BCUT2D eigenvalue weighted by molar-refractivity contribution is 8.00. The van der Waals surface area contributed by atoms with Crippen LogP contribution in [0.2, 0.25) is 0 Å². The van der Waals surface area contributed by atoms with Crippen molar-refractivity contribution in [2.45, 2.75) is 13.8 Å². The van der Waals surface area contributed by atoms with Crippen molar-refractivity contribution in [2.24, 2.45) is 11.8 Å². The number of hydrogen-bond acceptors (Lipinski definition) is 2. The van der Waals surface area contributed by atoms with Crippen LogP contribution in [0.25, 0.3) is 0 Å². The third-order valence-corrected chi connectivity index (χ3v) is 4.83. The maximum atomic E-state index is 2.36. The Morgan fingerprint density at radius 2 is 1.10 bits per heavy atom. The quantitative estimate of drug-likeness (QED) is 0.556. The molecule has 1 fully saturated rings. The fraction of sp³-hybridized carbons (Fsp3) is 1.00. The van der Waals surface area contributed by atoms with Crippen molar-refractivity contribution in [3.05, 3.63) is 0 Å². The van der Waals surface area contributed by atoms with Crippen LogP contribution in [0.15, 0.2) is 0 Å². The smallest absolute Gasteiger partial charge is 0.00338 e. The van der Waals surface area contributed by atoms with Crippen LogP contribution in [0.4, 0.5) is 0 Å². The van der Waals surface area contributed by atoms with E-state index in [9.17, 15) is 0 Å². The zero-order chi connectivity index (χ0) is 7.40. The van der Waals surface area contributed by atoms with Crippen LogP contribution in [0.1, 0.15) is 13.8 Å². The molecule has 0 aromatic rings. The molecule has 0 unspecified atom stereocenters. The summed E-state index contributed by atoms with van der Waals surface area (Å²) in [7, 11) is 0. The summed E-state index contributed by atoms with van der Waals surface area (Å²) in [6, 6.07) is 0. The molecular formula is C8H16S2. The van der Waals surface area contributed by atoms with E-state index in [-0.39, 0.29) is 0 Å². The van der Waals surface area contributed by atoms with E-state index < -0.39 is 0 Å². The minimum absolute atomic E-state index is 0.933. The van der Waals surface area contributed by atoms with Gasteiger partial charge in [0.1, 0.15) is 0 Å². The molecule has 0 saturated carbocycles. The SMILES string of the molecule is CC1CSCC(C)CSC1. The summed E-state index contributed by atoms with van der Waals surface area (Å²) in [5, 5.41) is 0. The van der Waals surface area contributed by atoms with E-state index in [1.54, 1.807) is 0 Å². The van der Waals surface area contributed by atoms with Gasteiger partial charge in [-0.2, -0.15) is 23.5 Å². The van der Waals surface area contributed by atoms with E-state index in [4.69, 9.17) is 0 Å². The molecular weight excluding hydrogens is 160 g/mol. The topological polar surface area (TPSA) is 0 Å². The average molecular weight is 176 g/mol. The molecule has 0 atom stereocenters. The Morgan fingerprint density at radius 3 is 1.40 bits per heavy atom. The first-order chi connectivity index (χ1) is 4.79. The summed E-state index contributed by atoms with van der Waals surface area (Å²) in [4.78, 5) is 0. The fourth-order valence-corrected chi connectivity index (χ4v) is 3.69. The second kappa shape index (κ2) is 4.55. The predicted octanol–water partition coefficient (Wildman–Crippen LogP) is 2.74. The fourth-order valence-electron chi connectivity index (χ4n) is 1.04. The van der Waals surface area contributed by atoms with Crippen molar-refractivity contribution < 1.29 is 0 Å². The second-order valence-corrected chi connectivity index (χ2v) is 5.44. The Labute approximate surface area is 72.5 Å². The van der Waals surface area contributed by atoms with Crippen LogP contribution >= 0.6 is 23.5 Å². The highest BCUT2D eigenvalue weighted by Crippen LogP contribution is 2.23.